The van der Waals surface area contributed by atoms with Crippen molar-refractivity contribution in [3.8, 4) is 11.1 Å². The molecule has 9 aromatic carbocycles. The normalized spacial score (nSPS) is 16.8. The quantitative estimate of drug-likeness (QED) is 0.165. The summed E-state index contributed by atoms with van der Waals surface area (Å²) in [7, 11) is 0. The summed E-state index contributed by atoms with van der Waals surface area (Å²) in [5, 5.41) is 4.76. The molecule has 10 aromatic rings. The molecule has 0 N–H and O–H groups in total. The SMILES string of the molecule is CC1(C)CCC(C)(C)c2cc(N3B4c5cccc6c5N(c5ccccc5C6(c5ccccc5)c5ccccc5)c5c4c(cc4ccccc54)-c4ccc5c(oc6ccccc65)c43)ccc21. The Bertz CT molecular complexity index is 3600. The standard InChI is InChI=1S/C61H47BN2O/c1-59(2)34-35-60(3,4)50-37-41(30-33-47(50)59)64-56-44(31-32-45-43-24-13-16-29-53(43)65-58(45)56)46-36-38-18-11-12-23-42(38)55-54(46)62(64)51-27-17-26-49-57(51)63(55)52-28-15-14-25-48(52)61(49,39-19-7-5-8-20-39)40-21-9-6-10-22-40/h5-33,36-37H,34-35H2,1-4H3. The minimum atomic E-state index is -0.600. The monoisotopic (exact) mass is 834 g/mol. The summed E-state index contributed by atoms with van der Waals surface area (Å²) in [5.41, 5.74) is 20.4. The summed E-state index contributed by atoms with van der Waals surface area (Å²) >= 11 is 0. The van der Waals surface area contributed by atoms with Gasteiger partial charge in [-0.15, -0.1) is 0 Å². The van der Waals surface area contributed by atoms with E-state index in [1.54, 1.807) is 0 Å². The number of hydrogen-bond acceptors (Lipinski definition) is 3. The van der Waals surface area contributed by atoms with Crippen molar-refractivity contribution in [3.05, 3.63) is 221 Å². The van der Waals surface area contributed by atoms with Crippen LogP contribution in [0.1, 0.15) is 73.9 Å². The van der Waals surface area contributed by atoms with Crippen molar-refractivity contribution >= 4 is 78.9 Å². The zero-order valence-electron chi connectivity index (χ0n) is 37.2. The van der Waals surface area contributed by atoms with E-state index in [0.29, 0.717) is 0 Å². The number of benzene rings is 9. The predicted octanol–water partition coefficient (Wildman–Crippen LogP) is 14.5. The van der Waals surface area contributed by atoms with Crippen molar-refractivity contribution in [2.75, 3.05) is 9.71 Å². The highest BCUT2D eigenvalue weighted by molar-refractivity contribution is 6.94. The fourth-order valence-electron chi connectivity index (χ4n) is 12.9. The van der Waals surface area contributed by atoms with Crippen LogP contribution < -0.4 is 20.6 Å². The minimum absolute atomic E-state index is 0.0219. The second kappa shape index (κ2) is 12.9. The molecule has 3 nitrogen and oxygen atoms in total. The first-order chi connectivity index (χ1) is 31.8. The summed E-state index contributed by atoms with van der Waals surface area (Å²) in [4.78, 5) is 5.35. The van der Waals surface area contributed by atoms with Gasteiger partial charge in [0.2, 0.25) is 0 Å². The molecule has 4 heterocycles. The fraction of sp³-hybridized carbons (Fsp3) is 0.148. The van der Waals surface area contributed by atoms with Crippen LogP contribution in [-0.4, -0.2) is 6.85 Å². The third kappa shape index (κ3) is 4.77. The maximum Gasteiger partial charge on any atom is 0.333 e. The smallest absolute Gasteiger partial charge is 0.333 e. The van der Waals surface area contributed by atoms with E-state index < -0.39 is 5.41 Å². The average molecular weight is 835 g/mol. The summed E-state index contributed by atoms with van der Waals surface area (Å²) < 4.78 is 7.14. The highest BCUT2D eigenvalue weighted by Gasteiger charge is 2.54. The van der Waals surface area contributed by atoms with Crippen molar-refractivity contribution < 1.29 is 4.42 Å². The average Bonchev–Trinajstić information content (AvgIpc) is 3.73. The molecule has 1 aromatic heterocycles. The van der Waals surface area contributed by atoms with Crippen molar-refractivity contribution in [3.63, 3.8) is 0 Å². The van der Waals surface area contributed by atoms with Crippen LogP contribution in [0, 0.1) is 0 Å². The molecule has 1 aliphatic carbocycles. The molecule has 3 aliphatic heterocycles. The largest absolute Gasteiger partial charge is 0.454 e. The zero-order valence-corrected chi connectivity index (χ0v) is 37.2. The Morgan fingerprint density at radius 3 is 1.92 bits per heavy atom. The van der Waals surface area contributed by atoms with E-state index >= 15 is 0 Å². The van der Waals surface area contributed by atoms with Gasteiger partial charge in [0.05, 0.1) is 22.5 Å². The van der Waals surface area contributed by atoms with Crippen molar-refractivity contribution in [2.24, 2.45) is 0 Å². The second-order valence-corrected chi connectivity index (χ2v) is 20.2. The molecule has 65 heavy (non-hydrogen) atoms. The number of rotatable bonds is 3. The van der Waals surface area contributed by atoms with Crippen molar-refractivity contribution in [1.82, 2.24) is 0 Å². The van der Waals surface area contributed by atoms with Gasteiger partial charge >= 0.3 is 6.85 Å². The molecule has 0 fully saturated rings. The van der Waals surface area contributed by atoms with Gasteiger partial charge in [0.25, 0.3) is 0 Å². The lowest BCUT2D eigenvalue weighted by Crippen LogP contribution is -2.63. The topological polar surface area (TPSA) is 19.6 Å². The Kier molecular flexibility index (Phi) is 7.38. The Labute approximate surface area is 380 Å². The van der Waals surface area contributed by atoms with Crippen LogP contribution >= 0.6 is 0 Å². The van der Waals surface area contributed by atoms with E-state index in [1.807, 2.05) is 0 Å². The van der Waals surface area contributed by atoms with Gasteiger partial charge in [-0.1, -0.05) is 179 Å². The first kappa shape index (κ1) is 37.1. The lowest BCUT2D eigenvalue weighted by atomic mass is 9.42. The number of para-hydroxylation sites is 3. The molecular weight excluding hydrogens is 787 g/mol. The Morgan fingerprint density at radius 2 is 1.14 bits per heavy atom. The van der Waals surface area contributed by atoms with Gasteiger partial charge in [-0.25, -0.2) is 0 Å². The molecule has 0 atom stereocenters. The number of anilines is 5. The lowest BCUT2D eigenvalue weighted by Gasteiger charge is -2.52. The molecule has 0 saturated heterocycles. The van der Waals surface area contributed by atoms with Gasteiger partial charge in [0.1, 0.15) is 5.58 Å². The summed E-state index contributed by atoms with van der Waals surface area (Å²) in [5.74, 6) is 0. The van der Waals surface area contributed by atoms with E-state index in [1.165, 1.54) is 95.4 Å². The molecule has 0 radical (unpaired) electrons. The van der Waals surface area contributed by atoms with Gasteiger partial charge in [-0.05, 0) is 115 Å². The third-order valence-electron chi connectivity index (χ3n) is 15.9. The number of nitrogens with zero attached hydrogens (tertiary/aromatic N) is 2. The minimum Gasteiger partial charge on any atom is -0.454 e. The van der Waals surface area contributed by atoms with Crippen molar-refractivity contribution in [1.29, 1.82) is 0 Å². The zero-order chi connectivity index (χ0) is 43.4. The molecular formula is C61H47BN2O. The molecule has 14 rings (SSSR count). The molecule has 0 amide bonds. The summed E-state index contributed by atoms with van der Waals surface area (Å²) in [6.07, 6.45) is 2.31. The first-order valence-corrected chi connectivity index (χ1v) is 23.3. The molecule has 0 bridgehead atoms. The summed E-state index contributed by atoms with van der Waals surface area (Å²) in [6.45, 7) is 9.56. The van der Waals surface area contributed by atoms with Crippen LogP contribution in [-0.2, 0) is 16.2 Å². The van der Waals surface area contributed by atoms with Gasteiger partial charge in [-0.2, -0.15) is 0 Å². The van der Waals surface area contributed by atoms with Crippen LogP contribution in [0.25, 0.3) is 43.8 Å². The van der Waals surface area contributed by atoms with Crippen LogP contribution in [0.2, 0.25) is 0 Å². The Morgan fingerprint density at radius 1 is 0.477 bits per heavy atom. The number of hydrogen-bond donors (Lipinski definition) is 0. The van der Waals surface area contributed by atoms with E-state index in [2.05, 4.69) is 225 Å². The highest BCUT2D eigenvalue weighted by Crippen LogP contribution is 2.61. The van der Waals surface area contributed by atoms with Crippen LogP contribution in [0.15, 0.2) is 192 Å². The number of fused-ring (bicyclic) bond motifs is 13. The van der Waals surface area contributed by atoms with Crippen LogP contribution in [0.4, 0.5) is 28.4 Å². The molecule has 310 valence electrons. The third-order valence-corrected chi connectivity index (χ3v) is 15.9. The predicted molar refractivity (Wildman–Crippen MR) is 272 cm³/mol. The molecule has 4 heteroatoms. The van der Waals surface area contributed by atoms with E-state index in [0.717, 1.165) is 34.0 Å². The first-order valence-electron chi connectivity index (χ1n) is 23.3. The van der Waals surface area contributed by atoms with Crippen molar-refractivity contribution in [2.45, 2.75) is 56.8 Å². The Balaban J connectivity index is 1.18. The lowest BCUT2D eigenvalue weighted by molar-refractivity contribution is 0.332. The fourth-order valence-corrected chi connectivity index (χ4v) is 12.9. The number of furan rings is 1. The second-order valence-electron chi connectivity index (χ2n) is 20.2. The van der Waals surface area contributed by atoms with E-state index in [4.69, 9.17) is 4.42 Å². The van der Waals surface area contributed by atoms with Gasteiger partial charge in [0, 0.05) is 33.1 Å². The van der Waals surface area contributed by atoms with E-state index in [-0.39, 0.29) is 17.7 Å². The maximum absolute atomic E-state index is 7.14. The van der Waals surface area contributed by atoms with Gasteiger partial charge in [0.15, 0.2) is 5.58 Å². The molecule has 0 unspecified atom stereocenters. The van der Waals surface area contributed by atoms with Gasteiger partial charge < -0.3 is 14.1 Å². The van der Waals surface area contributed by atoms with Crippen LogP contribution in [0.3, 0.4) is 0 Å². The van der Waals surface area contributed by atoms with Crippen LogP contribution in [0.5, 0.6) is 0 Å². The summed E-state index contributed by atoms with van der Waals surface area (Å²) in [6, 6.07) is 71.0. The Hall–Kier alpha value is -7.30. The highest BCUT2D eigenvalue weighted by atomic mass is 16.3. The van der Waals surface area contributed by atoms with Gasteiger partial charge in [-0.3, -0.25) is 0 Å². The maximum atomic E-state index is 7.14. The van der Waals surface area contributed by atoms with E-state index in [9.17, 15) is 0 Å². The molecule has 4 aliphatic rings. The molecule has 0 spiro atoms. The molecule has 0 saturated carbocycles.